The average Bonchev–Trinajstić information content (AvgIpc) is 2.99. The summed E-state index contributed by atoms with van der Waals surface area (Å²) in [5, 5.41) is 0. The van der Waals surface area contributed by atoms with Crippen molar-refractivity contribution in [2.24, 2.45) is 5.73 Å². The van der Waals surface area contributed by atoms with E-state index in [4.69, 9.17) is 10.5 Å². The fourth-order valence-corrected chi connectivity index (χ4v) is 2.19. The van der Waals surface area contributed by atoms with Crippen molar-refractivity contribution in [3.63, 3.8) is 0 Å². The third-order valence-electron chi connectivity index (χ3n) is 3.49. The van der Waals surface area contributed by atoms with Gasteiger partial charge in [-0.15, -0.1) is 0 Å². The summed E-state index contributed by atoms with van der Waals surface area (Å²) >= 11 is 0. The summed E-state index contributed by atoms with van der Waals surface area (Å²) in [5.74, 6) is 0. The molecule has 0 aliphatic heterocycles. The van der Waals surface area contributed by atoms with Gasteiger partial charge in [0.15, 0.2) is 0 Å². The minimum atomic E-state index is -0.265. The lowest BCUT2D eigenvalue weighted by molar-refractivity contribution is 0.171. The summed E-state index contributed by atoms with van der Waals surface area (Å²) in [6.07, 6.45) is 2.46. The SMILES string of the molecule is COCC1(c2cccc(C(C)(C)N)c2)CC1. The molecule has 88 valence electrons. The number of hydrogen-bond donors (Lipinski definition) is 1. The van der Waals surface area contributed by atoms with Crippen LogP contribution in [0.4, 0.5) is 0 Å². The maximum Gasteiger partial charge on any atom is 0.0559 e. The smallest absolute Gasteiger partial charge is 0.0559 e. The molecule has 16 heavy (non-hydrogen) atoms. The number of benzene rings is 1. The molecule has 0 aromatic heterocycles. The molecule has 1 aliphatic rings. The Morgan fingerprint density at radius 2 is 2.06 bits per heavy atom. The lowest BCUT2D eigenvalue weighted by Gasteiger charge is -2.22. The van der Waals surface area contributed by atoms with Crippen molar-refractivity contribution in [1.82, 2.24) is 0 Å². The highest BCUT2D eigenvalue weighted by molar-refractivity contribution is 5.37. The number of ether oxygens (including phenoxy) is 1. The molecule has 0 amide bonds. The van der Waals surface area contributed by atoms with E-state index in [9.17, 15) is 0 Å². The predicted molar refractivity (Wildman–Crippen MR) is 66.4 cm³/mol. The standard InChI is InChI=1S/C14H21NO/c1-13(2,15)11-5-4-6-12(9-11)14(7-8-14)10-16-3/h4-6,9H,7-8,10,15H2,1-3H3. The van der Waals surface area contributed by atoms with Gasteiger partial charge < -0.3 is 10.5 Å². The van der Waals surface area contributed by atoms with E-state index in [0.29, 0.717) is 0 Å². The third-order valence-corrected chi connectivity index (χ3v) is 3.49. The zero-order valence-corrected chi connectivity index (χ0v) is 10.4. The van der Waals surface area contributed by atoms with Crippen LogP contribution in [-0.2, 0) is 15.7 Å². The largest absolute Gasteiger partial charge is 0.384 e. The molecule has 1 aromatic carbocycles. The van der Waals surface area contributed by atoms with Gasteiger partial charge in [0, 0.05) is 18.1 Å². The molecule has 1 aromatic rings. The number of methoxy groups -OCH3 is 1. The van der Waals surface area contributed by atoms with Crippen molar-refractivity contribution in [2.75, 3.05) is 13.7 Å². The number of nitrogens with two attached hydrogens (primary N) is 1. The quantitative estimate of drug-likeness (QED) is 0.844. The molecule has 0 spiro atoms. The van der Waals surface area contributed by atoms with E-state index in [1.165, 1.54) is 24.0 Å². The second kappa shape index (κ2) is 3.86. The van der Waals surface area contributed by atoms with Crippen LogP contribution in [0.1, 0.15) is 37.8 Å². The average molecular weight is 219 g/mol. The van der Waals surface area contributed by atoms with E-state index in [1.54, 1.807) is 7.11 Å². The van der Waals surface area contributed by atoms with Gasteiger partial charge in [-0.05, 0) is 37.8 Å². The molecule has 2 N–H and O–H groups in total. The van der Waals surface area contributed by atoms with Gasteiger partial charge in [-0.25, -0.2) is 0 Å². The maximum atomic E-state index is 6.13. The van der Waals surface area contributed by atoms with Crippen molar-refractivity contribution >= 4 is 0 Å². The van der Waals surface area contributed by atoms with E-state index in [-0.39, 0.29) is 11.0 Å². The molecule has 1 saturated carbocycles. The summed E-state index contributed by atoms with van der Waals surface area (Å²) in [7, 11) is 1.77. The number of hydrogen-bond acceptors (Lipinski definition) is 2. The second-order valence-electron chi connectivity index (χ2n) is 5.52. The molecule has 0 radical (unpaired) electrons. The molecule has 1 fully saturated rings. The number of rotatable bonds is 4. The van der Waals surface area contributed by atoms with Crippen molar-refractivity contribution < 1.29 is 4.74 Å². The zero-order chi connectivity index (χ0) is 11.8. The highest BCUT2D eigenvalue weighted by Gasteiger charge is 2.44. The van der Waals surface area contributed by atoms with E-state index >= 15 is 0 Å². The van der Waals surface area contributed by atoms with Crippen LogP contribution in [0.3, 0.4) is 0 Å². The first-order valence-corrected chi connectivity index (χ1v) is 5.87. The molecular weight excluding hydrogens is 198 g/mol. The van der Waals surface area contributed by atoms with Crippen LogP contribution >= 0.6 is 0 Å². The minimum absolute atomic E-state index is 0.265. The first kappa shape index (κ1) is 11.6. The Morgan fingerprint density at radius 1 is 1.38 bits per heavy atom. The Kier molecular flexibility index (Phi) is 2.81. The van der Waals surface area contributed by atoms with Crippen LogP contribution in [0.2, 0.25) is 0 Å². The van der Waals surface area contributed by atoms with Gasteiger partial charge in [-0.2, -0.15) is 0 Å². The van der Waals surface area contributed by atoms with Gasteiger partial charge in [0.05, 0.1) is 6.61 Å². The Bertz CT molecular complexity index is 375. The van der Waals surface area contributed by atoms with Gasteiger partial charge in [0.25, 0.3) is 0 Å². The molecule has 0 atom stereocenters. The Labute approximate surface area is 97.8 Å². The molecule has 0 unspecified atom stereocenters. The van der Waals surface area contributed by atoms with Crippen LogP contribution < -0.4 is 5.73 Å². The van der Waals surface area contributed by atoms with Gasteiger partial charge in [0.1, 0.15) is 0 Å². The molecule has 0 heterocycles. The summed E-state index contributed by atoms with van der Waals surface area (Å²) < 4.78 is 5.32. The highest BCUT2D eigenvalue weighted by atomic mass is 16.5. The van der Waals surface area contributed by atoms with Crippen LogP contribution in [-0.4, -0.2) is 13.7 Å². The van der Waals surface area contributed by atoms with E-state index < -0.39 is 0 Å². The topological polar surface area (TPSA) is 35.2 Å². The maximum absolute atomic E-state index is 6.13. The Hall–Kier alpha value is -0.860. The first-order valence-electron chi connectivity index (χ1n) is 5.87. The molecule has 0 saturated heterocycles. The van der Waals surface area contributed by atoms with Crippen molar-refractivity contribution in [3.8, 4) is 0 Å². The van der Waals surface area contributed by atoms with Crippen molar-refractivity contribution in [1.29, 1.82) is 0 Å². The van der Waals surface area contributed by atoms with Gasteiger partial charge >= 0.3 is 0 Å². The van der Waals surface area contributed by atoms with Gasteiger partial charge in [-0.3, -0.25) is 0 Å². The Morgan fingerprint density at radius 3 is 2.56 bits per heavy atom. The fraction of sp³-hybridized carbons (Fsp3) is 0.571. The van der Waals surface area contributed by atoms with Crippen LogP contribution in [0.25, 0.3) is 0 Å². The highest BCUT2D eigenvalue weighted by Crippen LogP contribution is 2.48. The van der Waals surface area contributed by atoms with Crippen LogP contribution in [0.5, 0.6) is 0 Å². The van der Waals surface area contributed by atoms with Crippen LogP contribution in [0, 0.1) is 0 Å². The minimum Gasteiger partial charge on any atom is -0.384 e. The molecule has 2 nitrogen and oxygen atoms in total. The lowest BCUT2D eigenvalue weighted by Crippen LogP contribution is -2.29. The second-order valence-corrected chi connectivity index (χ2v) is 5.52. The summed E-state index contributed by atoms with van der Waals surface area (Å²) in [6.45, 7) is 4.91. The van der Waals surface area contributed by atoms with E-state index in [0.717, 1.165) is 6.61 Å². The third kappa shape index (κ3) is 2.13. The van der Waals surface area contributed by atoms with Crippen LogP contribution in [0.15, 0.2) is 24.3 Å². The van der Waals surface area contributed by atoms with Gasteiger partial charge in [-0.1, -0.05) is 24.3 Å². The van der Waals surface area contributed by atoms with Gasteiger partial charge in [0.2, 0.25) is 0 Å². The fourth-order valence-electron chi connectivity index (χ4n) is 2.19. The van der Waals surface area contributed by atoms with Crippen molar-refractivity contribution in [3.05, 3.63) is 35.4 Å². The summed E-state index contributed by atoms with van der Waals surface area (Å²) in [6, 6.07) is 8.65. The molecule has 2 rings (SSSR count). The lowest BCUT2D eigenvalue weighted by atomic mass is 9.89. The first-order chi connectivity index (χ1) is 7.48. The molecule has 1 aliphatic carbocycles. The Balaban J connectivity index is 2.30. The molecule has 0 bridgehead atoms. The molecular formula is C14H21NO. The normalized spacial score (nSPS) is 18.5. The monoisotopic (exact) mass is 219 g/mol. The summed E-state index contributed by atoms with van der Waals surface area (Å²) in [4.78, 5) is 0. The predicted octanol–water partition coefficient (Wildman–Crippen LogP) is 2.56. The molecule has 2 heteroatoms. The van der Waals surface area contributed by atoms with Crippen molar-refractivity contribution in [2.45, 2.75) is 37.6 Å². The zero-order valence-electron chi connectivity index (χ0n) is 10.4. The van der Waals surface area contributed by atoms with E-state index in [2.05, 4.69) is 24.3 Å². The summed E-state index contributed by atoms with van der Waals surface area (Å²) in [5.41, 5.74) is 8.72. The van der Waals surface area contributed by atoms with E-state index in [1.807, 2.05) is 13.8 Å².